The summed E-state index contributed by atoms with van der Waals surface area (Å²) >= 11 is 0. The van der Waals surface area contributed by atoms with Crippen LogP contribution in [0.25, 0.3) is 11.3 Å². The van der Waals surface area contributed by atoms with E-state index >= 15 is 0 Å². The molecule has 1 aliphatic heterocycles. The van der Waals surface area contributed by atoms with Gasteiger partial charge in [-0.3, -0.25) is 24.9 Å². The van der Waals surface area contributed by atoms with Crippen LogP contribution in [0, 0.1) is 10.1 Å². The number of hydrogen-bond acceptors (Lipinski definition) is 5. The Morgan fingerprint density at radius 2 is 1.72 bits per heavy atom. The molecule has 0 aliphatic carbocycles. The van der Waals surface area contributed by atoms with Gasteiger partial charge in [-0.15, -0.1) is 0 Å². The zero-order chi connectivity index (χ0) is 20.2. The number of aromatic nitrogens is 2. The molecule has 0 bridgehead atoms. The number of benzene rings is 2. The van der Waals surface area contributed by atoms with E-state index in [1.807, 2.05) is 23.1 Å². The van der Waals surface area contributed by atoms with E-state index in [4.69, 9.17) is 0 Å². The fraction of sp³-hybridized carbons (Fsp3) is 0.238. The molecule has 1 aromatic heterocycles. The molecule has 8 nitrogen and oxygen atoms in total. The Hall–Kier alpha value is -3.52. The van der Waals surface area contributed by atoms with E-state index < -0.39 is 4.92 Å². The Kier molecular flexibility index (Phi) is 5.35. The average Bonchev–Trinajstić information content (AvgIpc) is 3.24. The normalized spacial score (nSPS) is 14.7. The molecule has 1 amide bonds. The van der Waals surface area contributed by atoms with Gasteiger partial charge in [0.1, 0.15) is 0 Å². The third-order valence-electron chi connectivity index (χ3n) is 5.15. The van der Waals surface area contributed by atoms with E-state index in [2.05, 4.69) is 27.2 Å². The van der Waals surface area contributed by atoms with Crippen molar-refractivity contribution in [2.24, 2.45) is 0 Å². The van der Waals surface area contributed by atoms with Gasteiger partial charge in [0.15, 0.2) is 0 Å². The Morgan fingerprint density at radius 1 is 1.03 bits per heavy atom. The monoisotopic (exact) mass is 391 g/mol. The molecule has 1 fully saturated rings. The highest BCUT2D eigenvalue weighted by Gasteiger charge is 2.25. The van der Waals surface area contributed by atoms with Crippen molar-refractivity contribution in [2.75, 3.05) is 26.2 Å². The van der Waals surface area contributed by atoms with Crippen molar-refractivity contribution in [1.29, 1.82) is 0 Å². The lowest BCUT2D eigenvalue weighted by Gasteiger charge is -2.34. The predicted molar refractivity (Wildman–Crippen MR) is 108 cm³/mol. The highest BCUT2D eigenvalue weighted by molar-refractivity contribution is 5.99. The maximum Gasteiger partial charge on any atom is 0.269 e. The van der Waals surface area contributed by atoms with Crippen LogP contribution in [0.4, 0.5) is 5.69 Å². The Morgan fingerprint density at radius 3 is 2.38 bits per heavy atom. The van der Waals surface area contributed by atoms with E-state index in [1.165, 1.54) is 23.9 Å². The number of nitro benzene ring substituents is 1. The second-order valence-electron chi connectivity index (χ2n) is 7.02. The summed E-state index contributed by atoms with van der Waals surface area (Å²) in [4.78, 5) is 27.6. The summed E-state index contributed by atoms with van der Waals surface area (Å²) in [5.41, 5.74) is 3.03. The number of amides is 1. The highest BCUT2D eigenvalue weighted by Crippen LogP contribution is 2.25. The topological polar surface area (TPSA) is 95.4 Å². The van der Waals surface area contributed by atoms with Gasteiger partial charge in [-0.2, -0.15) is 5.10 Å². The molecule has 2 heterocycles. The number of hydrogen-bond donors (Lipinski definition) is 1. The minimum atomic E-state index is -0.447. The summed E-state index contributed by atoms with van der Waals surface area (Å²) in [7, 11) is 0. The van der Waals surface area contributed by atoms with Crippen molar-refractivity contribution in [3.8, 4) is 11.3 Å². The van der Waals surface area contributed by atoms with Gasteiger partial charge < -0.3 is 4.90 Å². The summed E-state index contributed by atoms with van der Waals surface area (Å²) in [5.74, 6) is -0.0773. The van der Waals surface area contributed by atoms with Crippen LogP contribution >= 0.6 is 0 Å². The van der Waals surface area contributed by atoms with Crippen LogP contribution in [0.3, 0.4) is 0 Å². The van der Waals surface area contributed by atoms with Gasteiger partial charge >= 0.3 is 0 Å². The molecule has 2 aromatic carbocycles. The van der Waals surface area contributed by atoms with Crippen LogP contribution in [-0.2, 0) is 6.54 Å². The first-order chi connectivity index (χ1) is 14.1. The minimum absolute atomic E-state index is 0.00989. The molecule has 0 saturated carbocycles. The van der Waals surface area contributed by atoms with E-state index in [0.717, 1.165) is 19.6 Å². The van der Waals surface area contributed by atoms with E-state index in [0.29, 0.717) is 29.9 Å². The first-order valence-corrected chi connectivity index (χ1v) is 9.45. The zero-order valence-electron chi connectivity index (χ0n) is 15.8. The summed E-state index contributed by atoms with van der Waals surface area (Å²) in [6.45, 7) is 3.80. The van der Waals surface area contributed by atoms with Crippen molar-refractivity contribution < 1.29 is 9.72 Å². The molecule has 29 heavy (non-hydrogen) atoms. The first kappa shape index (κ1) is 18.8. The number of H-pyrrole nitrogens is 1. The number of piperazine rings is 1. The second kappa shape index (κ2) is 8.24. The molecule has 3 aromatic rings. The maximum atomic E-state index is 13.0. The number of nitrogens with one attached hydrogen (secondary N) is 1. The Balaban J connectivity index is 1.42. The van der Waals surface area contributed by atoms with Gasteiger partial charge in [0.05, 0.1) is 22.4 Å². The molecular weight excluding hydrogens is 370 g/mol. The summed E-state index contributed by atoms with van der Waals surface area (Å²) in [5, 5.41) is 17.7. The van der Waals surface area contributed by atoms with Gasteiger partial charge in [-0.1, -0.05) is 30.3 Å². The van der Waals surface area contributed by atoms with Gasteiger partial charge in [0.2, 0.25) is 0 Å². The third-order valence-corrected chi connectivity index (χ3v) is 5.15. The largest absolute Gasteiger partial charge is 0.336 e. The summed E-state index contributed by atoms with van der Waals surface area (Å²) < 4.78 is 0. The molecule has 148 valence electrons. The standard InChI is InChI=1S/C21H21N5O3/c27-21(25-12-10-24(11-13-25)15-16-4-2-1-3-5-16)19-14-22-23-20(19)17-6-8-18(9-7-17)26(28)29/h1-9,14H,10-13,15H2,(H,22,23). The molecule has 1 N–H and O–H groups in total. The van der Waals surface area contributed by atoms with Crippen molar-refractivity contribution >= 4 is 11.6 Å². The lowest BCUT2D eigenvalue weighted by atomic mass is 10.1. The predicted octanol–water partition coefficient (Wildman–Crippen LogP) is 2.94. The summed E-state index contributed by atoms with van der Waals surface area (Å²) in [6, 6.07) is 16.4. The quantitative estimate of drug-likeness (QED) is 0.533. The van der Waals surface area contributed by atoms with Crippen LogP contribution < -0.4 is 0 Å². The fourth-order valence-corrected chi connectivity index (χ4v) is 3.54. The van der Waals surface area contributed by atoms with Gasteiger partial charge in [-0.05, 0) is 17.7 Å². The van der Waals surface area contributed by atoms with Crippen molar-refractivity contribution in [2.45, 2.75) is 6.54 Å². The number of rotatable bonds is 5. The van der Waals surface area contributed by atoms with E-state index in [9.17, 15) is 14.9 Å². The number of nitrogens with zero attached hydrogens (tertiary/aromatic N) is 4. The fourth-order valence-electron chi connectivity index (χ4n) is 3.54. The number of carbonyl (C=O) groups excluding carboxylic acids is 1. The average molecular weight is 391 g/mol. The molecule has 0 spiro atoms. The van der Waals surface area contributed by atoms with Gasteiger partial charge in [0.25, 0.3) is 11.6 Å². The maximum absolute atomic E-state index is 13.0. The van der Waals surface area contributed by atoms with Crippen molar-refractivity contribution in [3.05, 3.63) is 82.0 Å². The van der Waals surface area contributed by atoms with Crippen LogP contribution in [0.15, 0.2) is 60.8 Å². The summed E-state index contributed by atoms with van der Waals surface area (Å²) in [6.07, 6.45) is 1.52. The second-order valence-corrected chi connectivity index (χ2v) is 7.02. The molecule has 1 aliphatic rings. The number of non-ortho nitro benzene ring substituents is 1. The Bertz CT molecular complexity index is 993. The molecule has 0 radical (unpaired) electrons. The lowest BCUT2D eigenvalue weighted by Crippen LogP contribution is -2.48. The third kappa shape index (κ3) is 4.17. The zero-order valence-corrected chi connectivity index (χ0v) is 15.8. The molecule has 4 rings (SSSR count). The smallest absolute Gasteiger partial charge is 0.269 e. The number of carbonyl (C=O) groups is 1. The highest BCUT2D eigenvalue weighted by atomic mass is 16.6. The number of nitro groups is 1. The van der Waals surface area contributed by atoms with Crippen LogP contribution in [-0.4, -0.2) is 57.0 Å². The van der Waals surface area contributed by atoms with E-state index in [-0.39, 0.29) is 11.6 Å². The van der Waals surface area contributed by atoms with Crippen LogP contribution in [0.2, 0.25) is 0 Å². The van der Waals surface area contributed by atoms with Crippen LogP contribution in [0.5, 0.6) is 0 Å². The number of aromatic amines is 1. The van der Waals surface area contributed by atoms with E-state index in [1.54, 1.807) is 12.1 Å². The molecule has 0 unspecified atom stereocenters. The SMILES string of the molecule is O=C(c1cn[nH]c1-c1ccc([N+](=O)[O-])cc1)N1CCN(Cc2ccccc2)CC1. The molecule has 1 saturated heterocycles. The van der Waals surface area contributed by atoms with Crippen molar-refractivity contribution in [1.82, 2.24) is 20.0 Å². The molecule has 8 heteroatoms. The van der Waals surface area contributed by atoms with Crippen molar-refractivity contribution in [3.63, 3.8) is 0 Å². The Labute approximate surface area is 167 Å². The minimum Gasteiger partial charge on any atom is -0.336 e. The lowest BCUT2D eigenvalue weighted by molar-refractivity contribution is -0.384. The molecular formula is C21H21N5O3. The first-order valence-electron chi connectivity index (χ1n) is 9.45. The van der Waals surface area contributed by atoms with Gasteiger partial charge in [0, 0.05) is 50.4 Å². The molecule has 0 atom stereocenters. The van der Waals surface area contributed by atoms with Crippen LogP contribution in [0.1, 0.15) is 15.9 Å². The van der Waals surface area contributed by atoms with Gasteiger partial charge in [-0.25, -0.2) is 0 Å².